The lowest BCUT2D eigenvalue weighted by Gasteiger charge is -2.39. The summed E-state index contributed by atoms with van der Waals surface area (Å²) in [6.07, 6.45) is 16.1. The standard InChI is InChI=1S/C21H36O2/c1-4-7-16-8-10-17(11-9-16)18-12-14-19(15-13-18)20(5-2)23-21(22)6-3/h6,16-20H,3-5,7-15H2,1-2H3. The van der Waals surface area contributed by atoms with Crippen molar-refractivity contribution in [3.8, 4) is 0 Å². The molecule has 0 aliphatic heterocycles. The number of carbonyl (C=O) groups is 1. The van der Waals surface area contributed by atoms with Gasteiger partial charge in [0.2, 0.25) is 0 Å². The van der Waals surface area contributed by atoms with Crippen LogP contribution in [0.4, 0.5) is 0 Å². The van der Waals surface area contributed by atoms with E-state index in [1.165, 1.54) is 70.3 Å². The number of hydrogen-bond acceptors (Lipinski definition) is 2. The van der Waals surface area contributed by atoms with Gasteiger partial charge in [-0.05, 0) is 68.6 Å². The first-order chi connectivity index (χ1) is 11.2. The zero-order valence-corrected chi connectivity index (χ0v) is 15.3. The van der Waals surface area contributed by atoms with Crippen molar-refractivity contribution in [1.82, 2.24) is 0 Å². The number of ether oxygens (including phenoxy) is 1. The van der Waals surface area contributed by atoms with Crippen molar-refractivity contribution >= 4 is 5.97 Å². The second-order valence-electron chi connectivity index (χ2n) is 7.83. The zero-order valence-electron chi connectivity index (χ0n) is 15.3. The van der Waals surface area contributed by atoms with E-state index in [-0.39, 0.29) is 12.1 Å². The maximum Gasteiger partial charge on any atom is 0.330 e. The summed E-state index contributed by atoms with van der Waals surface area (Å²) in [5, 5.41) is 0. The third kappa shape index (κ3) is 5.36. The van der Waals surface area contributed by atoms with Crippen LogP contribution in [0.1, 0.15) is 84.5 Å². The van der Waals surface area contributed by atoms with Crippen LogP contribution in [0.3, 0.4) is 0 Å². The van der Waals surface area contributed by atoms with E-state index in [2.05, 4.69) is 20.4 Å². The molecule has 0 amide bonds. The SMILES string of the molecule is C=CC(=O)OC(CC)C1CCC(C2CCC(CCC)CC2)CC1. The van der Waals surface area contributed by atoms with Crippen molar-refractivity contribution < 1.29 is 9.53 Å². The van der Waals surface area contributed by atoms with E-state index in [4.69, 9.17) is 4.74 Å². The van der Waals surface area contributed by atoms with Gasteiger partial charge in [0.1, 0.15) is 6.10 Å². The van der Waals surface area contributed by atoms with E-state index in [0.29, 0.717) is 5.92 Å². The normalized spacial score (nSPS) is 33.0. The highest BCUT2D eigenvalue weighted by Gasteiger charge is 2.33. The third-order valence-electron chi connectivity index (χ3n) is 6.43. The molecule has 0 heterocycles. The van der Waals surface area contributed by atoms with E-state index in [1.807, 2.05) is 0 Å². The van der Waals surface area contributed by atoms with Gasteiger partial charge in [-0.3, -0.25) is 0 Å². The molecular formula is C21H36O2. The molecule has 1 atom stereocenters. The largest absolute Gasteiger partial charge is 0.459 e. The fourth-order valence-electron chi connectivity index (χ4n) is 5.05. The van der Waals surface area contributed by atoms with Gasteiger partial charge in [-0.25, -0.2) is 4.79 Å². The van der Waals surface area contributed by atoms with Crippen LogP contribution in [-0.2, 0) is 9.53 Å². The molecule has 23 heavy (non-hydrogen) atoms. The Bertz CT molecular complexity index is 360. The predicted molar refractivity (Wildman–Crippen MR) is 96.2 cm³/mol. The van der Waals surface area contributed by atoms with E-state index < -0.39 is 0 Å². The fraction of sp³-hybridized carbons (Fsp3) is 0.857. The van der Waals surface area contributed by atoms with Crippen LogP contribution < -0.4 is 0 Å². The van der Waals surface area contributed by atoms with Crippen LogP contribution in [0.5, 0.6) is 0 Å². The Morgan fingerprint density at radius 2 is 1.61 bits per heavy atom. The molecule has 0 N–H and O–H groups in total. The van der Waals surface area contributed by atoms with E-state index in [1.54, 1.807) is 0 Å². The zero-order chi connectivity index (χ0) is 16.7. The molecule has 0 saturated heterocycles. The van der Waals surface area contributed by atoms with Crippen molar-refractivity contribution in [3.63, 3.8) is 0 Å². The van der Waals surface area contributed by atoms with Crippen molar-refractivity contribution in [2.75, 3.05) is 0 Å². The maximum absolute atomic E-state index is 11.5. The molecule has 0 spiro atoms. The summed E-state index contributed by atoms with van der Waals surface area (Å²) in [4.78, 5) is 11.5. The molecule has 0 aromatic heterocycles. The molecule has 0 radical (unpaired) electrons. The maximum atomic E-state index is 11.5. The van der Waals surface area contributed by atoms with Gasteiger partial charge in [0, 0.05) is 6.08 Å². The molecule has 2 saturated carbocycles. The molecule has 2 aliphatic carbocycles. The minimum atomic E-state index is -0.256. The number of rotatable bonds is 7. The van der Waals surface area contributed by atoms with Crippen LogP contribution in [0, 0.1) is 23.7 Å². The lowest BCUT2D eigenvalue weighted by Crippen LogP contribution is -2.32. The third-order valence-corrected chi connectivity index (χ3v) is 6.43. The molecule has 2 fully saturated rings. The number of esters is 1. The van der Waals surface area contributed by atoms with Crippen LogP contribution in [-0.4, -0.2) is 12.1 Å². The predicted octanol–water partition coefficient (Wildman–Crippen LogP) is 5.91. The van der Waals surface area contributed by atoms with Crippen LogP contribution >= 0.6 is 0 Å². The van der Waals surface area contributed by atoms with Crippen molar-refractivity contribution in [1.29, 1.82) is 0 Å². The lowest BCUT2D eigenvalue weighted by molar-refractivity contribution is -0.146. The second kappa shape index (κ2) is 9.49. The Labute approximate surface area is 143 Å². The highest BCUT2D eigenvalue weighted by molar-refractivity contribution is 5.81. The Morgan fingerprint density at radius 1 is 1.04 bits per heavy atom. The Balaban J connectivity index is 1.75. The Kier molecular flexibility index (Phi) is 7.65. The molecule has 0 aromatic carbocycles. The average Bonchev–Trinajstić information content (AvgIpc) is 2.60. The summed E-state index contributed by atoms with van der Waals surface area (Å²) in [5.74, 6) is 3.22. The van der Waals surface area contributed by atoms with Gasteiger partial charge in [0.25, 0.3) is 0 Å². The molecule has 2 rings (SSSR count). The van der Waals surface area contributed by atoms with Gasteiger partial charge in [-0.2, -0.15) is 0 Å². The first-order valence-corrected chi connectivity index (χ1v) is 10.0. The van der Waals surface area contributed by atoms with Crippen molar-refractivity contribution in [2.24, 2.45) is 23.7 Å². The molecule has 1 unspecified atom stereocenters. The molecule has 0 bridgehead atoms. The highest BCUT2D eigenvalue weighted by atomic mass is 16.5. The average molecular weight is 321 g/mol. The van der Waals surface area contributed by atoms with E-state index in [9.17, 15) is 4.79 Å². The number of hydrogen-bond donors (Lipinski definition) is 0. The van der Waals surface area contributed by atoms with Crippen molar-refractivity contribution in [3.05, 3.63) is 12.7 Å². The van der Waals surface area contributed by atoms with Crippen LogP contribution in [0.2, 0.25) is 0 Å². The van der Waals surface area contributed by atoms with Gasteiger partial charge in [-0.1, -0.05) is 46.1 Å². The highest BCUT2D eigenvalue weighted by Crippen LogP contribution is 2.43. The molecule has 132 valence electrons. The van der Waals surface area contributed by atoms with Crippen LogP contribution in [0.25, 0.3) is 0 Å². The lowest BCUT2D eigenvalue weighted by atomic mass is 9.68. The second-order valence-corrected chi connectivity index (χ2v) is 7.83. The van der Waals surface area contributed by atoms with Gasteiger partial charge >= 0.3 is 5.97 Å². The summed E-state index contributed by atoms with van der Waals surface area (Å²) in [6, 6.07) is 0. The Morgan fingerprint density at radius 3 is 2.09 bits per heavy atom. The molecular weight excluding hydrogens is 284 g/mol. The molecule has 0 aromatic rings. The molecule has 2 heteroatoms. The van der Waals surface area contributed by atoms with Gasteiger partial charge < -0.3 is 4.74 Å². The van der Waals surface area contributed by atoms with E-state index in [0.717, 1.165) is 24.2 Å². The minimum Gasteiger partial charge on any atom is -0.459 e. The van der Waals surface area contributed by atoms with Crippen LogP contribution in [0.15, 0.2) is 12.7 Å². The summed E-state index contributed by atoms with van der Waals surface area (Å²) >= 11 is 0. The van der Waals surface area contributed by atoms with Gasteiger partial charge in [0.15, 0.2) is 0 Å². The minimum absolute atomic E-state index is 0.0988. The summed E-state index contributed by atoms with van der Waals surface area (Å²) < 4.78 is 5.55. The first kappa shape index (κ1) is 18.5. The summed E-state index contributed by atoms with van der Waals surface area (Å²) in [6.45, 7) is 7.95. The summed E-state index contributed by atoms with van der Waals surface area (Å²) in [7, 11) is 0. The fourth-order valence-corrected chi connectivity index (χ4v) is 5.05. The quantitative estimate of drug-likeness (QED) is 0.431. The van der Waals surface area contributed by atoms with Gasteiger partial charge in [0.05, 0.1) is 0 Å². The van der Waals surface area contributed by atoms with Crippen molar-refractivity contribution in [2.45, 2.75) is 90.6 Å². The monoisotopic (exact) mass is 320 g/mol. The van der Waals surface area contributed by atoms with Gasteiger partial charge in [-0.15, -0.1) is 0 Å². The van der Waals surface area contributed by atoms with E-state index >= 15 is 0 Å². The Hall–Kier alpha value is -0.790. The molecule has 2 aliphatic rings. The number of carbonyl (C=O) groups excluding carboxylic acids is 1. The topological polar surface area (TPSA) is 26.3 Å². The molecule has 2 nitrogen and oxygen atoms in total. The summed E-state index contributed by atoms with van der Waals surface area (Å²) in [5.41, 5.74) is 0. The first-order valence-electron chi connectivity index (χ1n) is 10.0. The smallest absolute Gasteiger partial charge is 0.330 e.